The fourth-order valence-corrected chi connectivity index (χ4v) is 3.32. The van der Waals surface area contributed by atoms with Crippen LogP contribution in [0.1, 0.15) is 20.3 Å². The van der Waals surface area contributed by atoms with Gasteiger partial charge in [0.2, 0.25) is 10.0 Å². The van der Waals surface area contributed by atoms with E-state index in [1.165, 1.54) is 16.4 Å². The van der Waals surface area contributed by atoms with Crippen molar-refractivity contribution in [3.8, 4) is 6.07 Å². The van der Waals surface area contributed by atoms with Crippen LogP contribution in [0.15, 0.2) is 29.2 Å². The van der Waals surface area contributed by atoms with Crippen molar-refractivity contribution in [2.24, 2.45) is 0 Å². The van der Waals surface area contributed by atoms with E-state index >= 15 is 0 Å². The van der Waals surface area contributed by atoms with Gasteiger partial charge in [-0.2, -0.15) is 9.57 Å². The Morgan fingerprint density at radius 2 is 2.11 bits per heavy atom. The molecule has 0 bridgehead atoms. The Balaban J connectivity index is 3.14. The molecule has 6 heteroatoms. The number of nitrogens with zero attached hydrogens (tertiary/aromatic N) is 2. The highest BCUT2D eigenvalue weighted by Crippen LogP contribution is 2.20. The van der Waals surface area contributed by atoms with Crippen molar-refractivity contribution in [1.29, 1.82) is 5.26 Å². The summed E-state index contributed by atoms with van der Waals surface area (Å²) in [5.41, 5.74) is 6.00. The molecular weight excluding hydrogens is 250 g/mol. The van der Waals surface area contributed by atoms with Crippen LogP contribution in [0.4, 0.5) is 5.69 Å². The van der Waals surface area contributed by atoms with E-state index < -0.39 is 10.0 Å². The largest absolute Gasteiger partial charge is 0.399 e. The van der Waals surface area contributed by atoms with Crippen molar-refractivity contribution in [2.75, 3.05) is 12.3 Å². The van der Waals surface area contributed by atoms with Gasteiger partial charge in [-0.1, -0.05) is 6.07 Å². The molecule has 0 spiro atoms. The monoisotopic (exact) mass is 267 g/mol. The average molecular weight is 267 g/mol. The summed E-state index contributed by atoms with van der Waals surface area (Å²) >= 11 is 0. The highest BCUT2D eigenvalue weighted by molar-refractivity contribution is 7.89. The van der Waals surface area contributed by atoms with Gasteiger partial charge in [-0.05, 0) is 32.0 Å². The van der Waals surface area contributed by atoms with E-state index in [-0.39, 0.29) is 23.9 Å². The first-order chi connectivity index (χ1) is 8.39. The van der Waals surface area contributed by atoms with Gasteiger partial charge in [0.05, 0.1) is 11.0 Å². The van der Waals surface area contributed by atoms with E-state index in [2.05, 4.69) is 0 Å². The van der Waals surface area contributed by atoms with Gasteiger partial charge in [0.1, 0.15) is 0 Å². The number of benzene rings is 1. The summed E-state index contributed by atoms with van der Waals surface area (Å²) < 4.78 is 26.1. The first-order valence-corrected chi connectivity index (χ1v) is 7.08. The van der Waals surface area contributed by atoms with Gasteiger partial charge >= 0.3 is 0 Å². The van der Waals surface area contributed by atoms with Crippen LogP contribution in [-0.4, -0.2) is 25.3 Å². The van der Waals surface area contributed by atoms with Crippen LogP contribution >= 0.6 is 0 Å². The number of nitrogens with two attached hydrogens (primary N) is 1. The standard InChI is InChI=1S/C12H17N3O2S/c1-10(2)15(8-4-7-13)18(16,17)12-6-3-5-11(14)9-12/h3,5-6,9-10H,4,8,14H2,1-2H3. The van der Waals surface area contributed by atoms with Crippen LogP contribution in [0, 0.1) is 11.3 Å². The first-order valence-electron chi connectivity index (χ1n) is 5.64. The summed E-state index contributed by atoms with van der Waals surface area (Å²) in [5, 5.41) is 8.59. The average Bonchev–Trinajstić information content (AvgIpc) is 2.28. The third kappa shape index (κ3) is 3.22. The number of nitrogen functional groups attached to an aromatic ring is 1. The van der Waals surface area contributed by atoms with Crippen molar-refractivity contribution < 1.29 is 8.42 Å². The molecule has 1 aromatic rings. The quantitative estimate of drug-likeness (QED) is 0.820. The maximum absolute atomic E-state index is 12.4. The lowest BCUT2D eigenvalue weighted by Crippen LogP contribution is -2.37. The second kappa shape index (κ2) is 5.85. The summed E-state index contributed by atoms with van der Waals surface area (Å²) in [6, 6.07) is 7.92. The molecule has 0 fully saturated rings. The highest BCUT2D eigenvalue weighted by Gasteiger charge is 2.26. The summed E-state index contributed by atoms with van der Waals surface area (Å²) in [7, 11) is -3.59. The van der Waals surface area contributed by atoms with Crippen LogP contribution in [0.2, 0.25) is 0 Å². The molecule has 0 heterocycles. The van der Waals surface area contributed by atoms with E-state index in [0.29, 0.717) is 5.69 Å². The summed E-state index contributed by atoms with van der Waals surface area (Å²) in [6.07, 6.45) is 0.166. The van der Waals surface area contributed by atoms with Gasteiger partial charge in [-0.15, -0.1) is 0 Å². The normalized spacial score (nSPS) is 11.7. The Bertz CT molecular complexity index is 547. The molecule has 0 radical (unpaired) electrons. The summed E-state index contributed by atoms with van der Waals surface area (Å²) in [6.45, 7) is 3.74. The molecular formula is C12H17N3O2S. The van der Waals surface area contributed by atoms with E-state index in [4.69, 9.17) is 11.0 Å². The van der Waals surface area contributed by atoms with E-state index in [9.17, 15) is 8.42 Å². The number of anilines is 1. The molecule has 0 saturated heterocycles. The highest BCUT2D eigenvalue weighted by atomic mass is 32.2. The molecule has 0 unspecified atom stereocenters. The van der Waals surface area contributed by atoms with E-state index in [1.54, 1.807) is 26.0 Å². The number of sulfonamides is 1. The smallest absolute Gasteiger partial charge is 0.243 e. The van der Waals surface area contributed by atoms with Gasteiger partial charge in [-0.3, -0.25) is 0 Å². The molecule has 18 heavy (non-hydrogen) atoms. The van der Waals surface area contributed by atoms with Gasteiger partial charge in [0.25, 0.3) is 0 Å². The molecule has 0 saturated carbocycles. The lowest BCUT2D eigenvalue weighted by molar-refractivity contribution is 0.360. The molecule has 1 aromatic carbocycles. The number of rotatable bonds is 5. The van der Waals surface area contributed by atoms with Gasteiger partial charge in [-0.25, -0.2) is 8.42 Å². The molecule has 0 aliphatic heterocycles. The van der Waals surface area contributed by atoms with Crippen molar-refractivity contribution in [1.82, 2.24) is 4.31 Å². The first kappa shape index (κ1) is 14.5. The fraction of sp³-hybridized carbons (Fsp3) is 0.417. The van der Waals surface area contributed by atoms with Crippen molar-refractivity contribution in [3.05, 3.63) is 24.3 Å². The number of hydrogen-bond donors (Lipinski definition) is 1. The maximum atomic E-state index is 12.4. The Morgan fingerprint density at radius 1 is 1.44 bits per heavy atom. The third-order valence-corrected chi connectivity index (χ3v) is 4.56. The zero-order chi connectivity index (χ0) is 13.8. The lowest BCUT2D eigenvalue weighted by atomic mass is 10.3. The van der Waals surface area contributed by atoms with E-state index in [1.807, 2.05) is 6.07 Å². The summed E-state index contributed by atoms with van der Waals surface area (Å²) in [5.74, 6) is 0. The Hall–Kier alpha value is -1.58. The number of nitriles is 1. The van der Waals surface area contributed by atoms with Crippen LogP contribution in [0.25, 0.3) is 0 Å². The molecule has 2 N–H and O–H groups in total. The van der Waals surface area contributed by atoms with E-state index in [0.717, 1.165) is 0 Å². The van der Waals surface area contributed by atoms with Crippen molar-refractivity contribution in [2.45, 2.75) is 31.2 Å². The van der Waals surface area contributed by atoms with Crippen LogP contribution in [0.5, 0.6) is 0 Å². The van der Waals surface area contributed by atoms with Crippen molar-refractivity contribution in [3.63, 3.8) is 0 Å². The third-order valence-electron chi connectivity index (χ3n) is 2.48. The van der Waals surface area contributed by atoms with Crippen LogP contribution in [-0.2, 0) is 10.0 Å². The lowest BCUT2D eigenvalue weighted by Gasteiger charge is -2.25. The molecule has 0 aliphatic carbocycles. The molecule has 5 nitrogen and oxygen atoms in total. The number of hydrogen-bond acceptors (Lipinski definition) is 4. The fourth-order valence-electron chi connectivity index (χ4n) is 1.63. The molecule has 1 rings (SSSR count). The second-order valence-electron chi connectivity index (χ2n) is 4.19. The van der Waals surface area contributed by atoms with Crippen molar-refractivity contribution >= 4 is 15.7 Å². The Labute approximate surface area is 108 Å². The zero-order valence-electron chi connectivity index (χ0n) is 10.5. The minimum absolute atomic E-state index is 0.161. The summed E-state index contributed by atoms with van der Waals surface area (Å²) in [4.78, 5) is 0.161. The van der Waals surface area contributed by atoms with Gasteiger partial charge < -0.3 is 5.73 Å². The van der Waals surface area contributed by atoms with Crippen LogP contribution < -0.4 is 5.73 Å². The Morgan fingerprint density at radius 3 is 2.61 bits per heavy atom. The topological polar surface area (TPSA) is 87.2 Å². The Kier molecular flexibility index (Phi) is 4.70. The molecule has 0 amide bonds. The minimum atomic E-state index is -3.59. The molecule has 0 aliphatic rings. The predicted octanol–water partition coefficient (Wildman–Crippen LogP) is 1.58. The van der Waals surface area contributed by atoms with Gasteiger partial charge in [0, 0.05) is 24.7 Å². The minimum Gasteiger partial charge on any atom is -0.399 e. The SMILES string of the molecule is CC(C)N(CCC#N)S(=O)(=O)c1cccc(N)c1. The van der Waals surface area contributed by atoms with Gasteiger partial charge in [0.15, 0.2) is 0 Å². The zero-order valence-corrected chi connectivity index (χ0v) is 11.3. The second-order valence-corrected chi connectivity index (χ2v) is 6.08. The predicted molar refractivity (Wildman–Crippen MR) is 70.1 cm³/mol. The molecule has 0 atom stereocenters. The molecule has 98 valence electrons. The van der Waals surface area contributed by atoms with Crippen LogP contribution in [0.3, 0.4) is 0 Å². The molecule has 0 aromatic heterocycles. The maximum Gasteiger partial charge on any atom is 0.243 e.